The monoisotopic (exact) mass is 271 g/mol. The van der Waals surface area contributed by atoms with Gasteiger partial charge in [0.1, 0.15) is 6.07 Å². The summed E-state index contributed by atoms with van der Waals surface area (Å²) in [4.78, 5) is 1.33. The molecule has 1 heterocycles. The molecule has 3 N–H and O–H groups in total. The van der Waals surface area contributed by atoms with Crippen molar-refractivity contribution in [2.45, 2.75) is 19.3 Å². The number of nitrogens with two attached hydrogens (primary N) is 1. The zero-order chi connectivity index (χ0) is 13.9. The lowest BCUT2D eigenvalue weighted by Gasteiger charge is -2.24. The second-order valence-corrected chi connectivity index (χ2v) is 6.08. The van der Waals surface area contributed by atoms with E-state index in [-0.39, 0.29) is 5.41 Å². The second kappa shape index (κ2) is 5.33. The highest BCUT2D eigenvalue weighted by atomic mass is 32.1. The lowest BCUT2D eigenvalue weighted by Crippen LogP contribution is -2.26. The fourth-order valence-corrected chi connectivity index (χ4v) is 2.73. The van der Waals surface area contributed by atoms with E-state index in [1.54, 1.807) is 23.5 Å². The van der Waals surface area contributed by atoms with E-state index >= 15 is 0 Å². The Morgan fingerprint density at radius 2 is 2.16 bits per heavy atom. The van der Waals surface area contributed by atoms with Gasteiger partial charge in [-0.3, -0.25) is 0 Å². The lowest BCUT2D eigenvalue weighted by atomic mass is 9.91. The van der Waals surface area contributed by atoms with Gasteiger partial charge >= 0.3 is 0 Å². The van der Waals surface area contributed by atoms with Gasteiger partial charge in [0.15, 0.2) is 0 Å². The molecule has 0 spiro atoms. The molecule has 0 aliphatic rings. The molecule has 0 bridgehead atoms. The molecule has 0 atom stereocenters. The Bertz CT molecular complexity index is 594. The van der Waals surface area contributed by atoms with E-state index in [2.05, 4.69) is 42.7 Å². The molecular formula is C15H17N3S. The smallest absolute Gasteiger partial charge is 0.101 e. The molecule has 4 heteroatoms. The van der Waals surface area contributed by atoms with Gasteiger partial charge in [-0.1, -0.05) is 19.9 Å². The largest absolute Gasteiger partial charge is 0.399 e. The van der Waals surface area contributed by atoms with Crippen molar-refractivity contribution in [2.24, 2.45) is 0 Å². The Hall–Kier alpha value is -1.99. The molecule has 0 aliphatic heterocycles. The van der Waals surface area contributed by atoms with Crippen LogP contribution in [0.25, 0.3) is 0 Å². The van der Waals surface area contributed by atoms with Crippen molar-refractivity contribution in [3.05, 3.63) is 46.2 Å². The number of benzene rings is 1. The first-order valence-corrected chi connectivity index (χ1v) is 6.98. The van der Waals surface area contributed by atoms with Crippen molar-refractivity contribution >= 4 is 22.7 Å². The third-order valence-electron chi connectivity index (χ3n) is 3.07. The van der Waals surface area contributed by atoms with Crippen LogP contribution in [0.1, 0.15) is 24.3 Å². The maximum Gasteiger partial charge on any atom is 0.101 e. The van der Waals surface area contributed by atoms with Crippen molar-refractivity contribution in [1.82, 2.24) is 0 Å². The van der Waals surface area contributed by atoms with Crippen LogP contribution >= 0.6 is 11.3 Å². The second-order valence-electron chi connectivity index (χ2n) is 5.13. The van der Waals surface area contributed by atoms with Crippen molar-refractivity contribution < 1.29 is 0 Å². The Morgan fingerprint density at radius 1 is 1.37 bits per heavy atom. The summed E-state index contributed by atoms with van der Waals surface area (Å²) in [7, 11) is 0. The van der Waals surface area contributed by atoms with Crippen LogP contribution in [0.3, 0.4) is 0 Å². The minimum Gasteiger partial charge on any atom is -0.399 e. The maximum atomic E-state index is 9.11. The summed E-state index contributed by atoms with van der Waals surface area (Å²) in [5.74, 6) is 0. The van der Waals surface area contributed by atoms with E-state index < -0.39 is 0 Å². The van der Waals surface area contributed by atoms with E-state index in [1.807, 2.05) is 6.07 Å². The van der Waals surface area contributed by atoms with Gasteiger partial charge in [-0.2, -0.15) is 5.26 Å². The third-order valence-corrected chi connectivity index (χ3v) is 4.31. The number of nitriles is 1. The fourth-order valence-electron chi connectivity index (χ4n) is 1.88. The summed E-state index contributed by atoms with van der Waals surface area (Å²) in [5.41, 5.74) is 7.75. The van der Waals surface area contributed by atoms with Crippen LogP contribution in [0.2, 0.25) is 0 Å². The first-order valence-electron chi connectivity index (χ1n) is 6.10. The standard InChI is InChI=1S/C15H17N3S/c1-15(2,14-4-3-7-19-14)10-18-13-6-5-12(17)8-11(13)9-16/h3-8,18H,10,17H2,1-2H3. The van der Waals surface area contributed by atoms with E-state index in [1.165, 1.54) is 4.88 Å². The van der Waals surface area contributed by atoms with Gasteiger partial charge < -0.3 is 11.1 Å². The summed E-state index contributed by atoms with van der Waals surface area (Å²) < 4.78 is 0. The van der Waals surface area contributed by atoms with Crippen molar-refractivity contribution in [3.8, 4) is 6.07 Å². The number of nitrogen functional groups attached to an aromatic ring is 1. The number of thiophene rings is 1. The summed E-state index contributed by atoms with van der Waals surface area (Å²) in [6.45, 7) is 5.15. The van der Waals surface area contributed by atoms with E-state index in [9.17, 15) is 0 Å². The highest BCUT2D eigenvalue weighted by molar-refractivity contribution is 7.10. The van der Waals surface area contributed by atoms with Gasteiger partial charge in [0.2, 0.25) is 0 Å². The fraction of sp³-hybridized carbons (Fsp3) is 0.267. The first-order chi connectivity index (χ1) is 9.03. The zero-order valence-corrected chi connectivity index (χ0v) is 11.9. The molecule has 0 unspecified atom stereocenters. The Balaban J connectivity index is 2.13. The Morgan fingerprint density at radius 3 is 2.79 bits per heavy atom. The quantitative estimate of drug-likeness (QED) is 0.835. The predicted molar refractivity (Wildman–Crippen MR) is 81.4 cm³/mol. The third kappa shape index (κ3) is 3.07. The van der Waals surface area contributed by atoms with E-state index in [4.69, 9.17) is 11.0 Å². The molecule has 1 aromatic carbocycles. The zero-order valence-electron chi connectivity index (χ0n) is 11.1. The summed E-state index contributed by atoms with van der Waals surface area (Å²) in [6.07, 6.45) is 0. The van der Waals surface area contributed by atoms with Gasteiger partial charge in [-0.25, -0.2) is 0 Å². The van der Waals surface area contributed by atoms with Gasteiger partial charge in [0.25, 0.3) is 0 Å². The average Bonchev–Trinajstić information content (AvgIpc) is 2.91. The molecule has 0 aliphatic carbocycles. The minimum absolute atomic E-state index is 0.0300. The van der Waals surface area contributed by atoms with Crippen LogP contribution < -0.4 is 11.1 Å². The van der Waals surface area contributed by atoms with Crippen LogP contribution in [0.5, 0.6) is 0 Å². The van der Waals surface area contributed by atoms with Crippen LogP contribution in [0, 0.1) is 11.3 Å². The van der Waals surface area contributed by atoms with Crippen LogP contribution in [0.15, 0.2) is 35.7 Å². The Labute approximate surface area is 117 Å². The molecule has 1 aromatic heterocycles. The molecule has 0 saturated heterocycles. The molecule has 2 rings (SSSR count). The molecule has 3 nitrogen and oxygen atoms in total. The number of hydrogen-bond acceptors (Lipinski definition) is 4. The van der Waals surface area contributed by atoms with Crippen LogP contribution in [-0.4, -0.2) is 6.54 Å². The predicted octanol–water partition coefficient (Wildman–Crippen LogP) is 3.59. The molecule has 0 radical (unpaired) electrons. The number of anilines is 2. The topological polar surface area (TPSA) is 61.8 Å². The maximum absolute atomic E-state index is 9.11. The number of hydrogen-bond donors (Lipinski definition) is 2. The molecule has 2 aromatic rings. The SMILES string of the molecule is CC(C)(CNc1ccc(N)cc1C#N)c1cccs1. The number of nitrogens with one attached hydrogen (secondary N) is 1. The number of rotatable bonds is 4. The first kappa shape index (κ1) is 13.4. The highest BCUT2D eigenvalue weighted by Gasteiger charge is 2.21. The van der Waals surface area contributed by atoms with E-state index in [0.29, 0.717) is 11.3 Å². The summed E-state index contributed by atoms with van der Waals surface area (Å²) in [6, 6.07) is 11.7. The summed E-state index contributed by atoms with van der Waals surface area (Å²) in [5, 5.41) is 14.5. The van der Waals surface area contributed by atoms with Crippen LogP contribution in [0.4, 0.5) is 11.4 Å². The highest BCUT2D eigenvalue weighted by Crippen LogP contribution is 2.28. The van der Waals surface area contributed by atoms with Gasteiger partial charge in [-0.15, -0.1) is 11.3 Å². The molecule has 0 amide bonds. The van der Waals surface area contributed by atoms with Crippen molar-refractivity contribution in [1.29, 1.82) is 5.26 Å². The molecule has 19 heavy (non-hydrogen) atoms. The van der Waals surface area contributed by atoms with Crippen molar-refractivity contribution in [2.75, 3.05) is 17.6 Å². The molecule has 0 fully saturated rings. The van der Waals surface area contributed by atoms with Gasteiger partial charge in [0, 0.05) is 22.5 Å². The lowest BCUT2D eigenvalue weighted by molar-refractivity contribution is 0.569. The average molecular weight is 271 g/mol. The minimum atomic E-state index is 0.0300. The molecule has 98 valence electrons. The summed E-state index contributed by atoms with van der Waals surface area (Å²) >= 11 is 1.75. The van der Waals surface area contributed by atoms with Gasteiger partial charge in [0.05, 0.1) is 11.3 Å². The van der Waals surface area contributed by atoms with Crippen molar-refractivity contribution in [3.63, 3.8) is 0 Å². The number of nitrogens with zero attached hydrogens (tertiary/aromatic N) is 1. The Kier molecular flexibility index (Phi) is 3.77. The molecule has 0 saturated carbocycles. The normalized spacial score (nSPS) is 11.0. The van der Waals surface area contributed by atoms with Crippen LogP contribution in [-0.2, 0) is 5.41 Å². The van der Waals surface area contributed by atoms with Gasteiger partial charge in [-0.05, 0) is 29.6 Å². The van der Waals surface area contributed by atoms with E-state index in [0.717, 1.165) is 12.2 Å². The molecular weight excluding hydrogens is 254 g/mol.